The first kappa shape index (κ1) is 15.5. The molecule has 1 heterocycles. The molecule has 23 heavy (non-hydrogen) atoms. The number of anilines is 1. The Morgan fingerprint density at radius 3 is 2.78 bits per heavy atom. The Morgan fingerprint density at radius 1 is 1.17 bits per heavy atom. The monoisotopic (exact) mass is 311 g/mol. The number of rotatable bonds is 4. The van der Waals surface area contributed by atoms with Gasteiger partial charge in [-0.3, -0.25) is 4.79 Å². The van der Waals surface area contributed by atoms with Crippen LogP contribution in [0.15, 0.2) is 48.5 Å². The molecule has 1 aliphatic rings. The van der Waals surface area contributed by atoms with Crippen LogP contribution in [0.2, 0.25) is 0 Å². The van der Waals surface area contributed by atoms with Crippen molar-refractivity contribution in [3.8, 4) is 5.75 Å². The van der Waals surface area contributed by atoms with Crippen LogP contribution in [0, 0.1) is 6.92 Å². The smallest absolute Gasteiger partial charge is 0.242 e. The number of nitrogens with one attached hydrogen (secondary N) is 3. The maximum absolute atomic E-state index is 12.4. The second kappa shape index (κ2) is 6.81. The van der Waals surface area contributed by atoms with Gasteiger partial charge in [-0.2, -0.15) is 0 Å². The van der Waals surface area contributed by atoms with Gasteiger partial charge in [0, 0.05) is 11.7 Å². The van der Waals surface area contributed by atoms with Gasteiger partial charge in [0.2, 0.25) is 5.91 Å². The van der Waals surface area contributed by atoms with Crippen LogP contribution in [-0.4, -0.2) is 19.1 Å². The Labute approximate surface area is 136 Å². The Balaban J connectivity index is 1.65. The molecule has 0 spiro atoms. The second-order valence-corrected chi connectivity index (χ2v) is 5.71. The Kier molecular flexibility index (Phi) is 4.60. The highest BCUT2D eigenvalue weighted by atomic mass is 16.5. The first-order valence-electron chi connectivity index (χ1n) is 7.69. The minimum absolute atomic E-state index is 0.0304. The molecule has 120 valence electrons. The van der Waals surface area contributed by atoms with Crippen molar-refractivity contribution >= 4 is 11.6 Å². The van der Waals surface area contributed by atoms with Gasteiger partial charge < -0.3 is 10.1 Å². The molecule has 2 atom stereocenters. The van der Waals surface area contributed by atoms with Crippen LogP contribution in [-0.2, 0) is 4.79 Å². The van der Waals surface area contributed by atoms with E-state index in [-0.39, 0.29) is 18.0 Å². The zero-order valence-corrected chi connectivity index (χ0v) is 13.3. The molecule has 3 rings (SSSR count). The summed E-state index contributed by atoms with van der Waals surface area (Å²) in [4.78, 5) is 12.4. The molecule has 2 unspecified atom stereocenters. The third-order valence-corrected chi connectivity index (χ3v) is 4.12. The summed E-state index contributed by atoms with van der Waals surface area (Å²) >= 11 is 0. The van der Waals surface area contributed by atoms with Gasteiger partial charge in [0.1, 0.15) is 11.8 Å². The molecule has 0 bridgehead atoms. The summed E-state index contributed by atoms with van der Waals surface area (Å²) in [5, 5.41) is 2.98. The van der Waals surface area contributed by atoms with Crippen LogP contribution in [0.3, 0.4) is 0 Å². The topological polar surface area (TPSA) is 62.4 Å². The molecular formula is C18H21N3O2. The molecule has 5 nitrogen and oxygen atoms in total. The predicted octanol–water partition coefficient (Wildman–Crippen LogP) is 2.55. The number of hydrazine groups is 1. The molecule has 1 aliphatic heterocycles. The summed E-state index contributed by atoms with van der Waals surface area (Å²) < 4.78 is 5.25. The lowest BCUT2D eigenvalue weighted by Gasteiger charge is -2.12. The van der Waals surface area contributed by atoms with E-state index >= 15 is 0 Å². The van der Waals surface area contributed by atoms with Crippen LogP contribution in [0.4, 0.5) is 5.69 Å². The molecule has 3 N–H and O–H groups in total. The number of carbonyl (C=O) groups is 1. The van der Waals surface area contributed by atoms with Crippen molar-refractivity contribution in [1.29, 1.82) is 0 Å². The standard InChI is InChI=1S/C18H21N3O2/c1-12-6-3-4-9-15(12)19-18(22)17-11-16(20-21-17)13-7-5-8-14(10-13)23-2/h3-10,16-17,20-21H,11H2,1-2H3,(H,19,22). The van der Waals surface area contributed by atoms with Crippen LogP contribution in [0.1, 0.15) is 23.6 Å². The van der Waals surface area contributed by atoms with Crippen molar-refractivity contribution in [3.05, 3.63) is 59.7 Å². The number of para-hydroxylation sites is 1. The van der Waals surface area contributed by atoms with Gasteiger partial charge in [-0.25, -0.2) is 10.9 Å². The fourth-order valence-corrected chi connectivity index (χ4v) is 2.74. The third kappa shape index (κ3) is 3.52. The van der Waals surface area contributed by atoms with Crippen LogP contribution in [0.5, 0.6) is 5.75 Å². The molecule has 0 saturated carbocycles. The Morgan fingerprint density at radius 2 is 2.00 bits per heavy atom. The van der Waals surface area contributed by atoms with Gasteiger partial charge in [-0.1, -0.05) is 30.3 Å². The predicted molar refractivity (Wildman–Crippen MR) is 90.2 cm³/mol. The summed E-state index contributed by atoms with van der Waals surface area (Å²) in [6.45, 7) is 1.98. The highest BCUT2D eigenvalue weighted by Crippen LogP contribution is 2.26. The minimum atomic E-state index is -0.272. The van der Waals surface area contributed by atoms with E-state index in [9.17, 15) is 4.79 Å². The zero-order valence-electron chi connectivity index (χ0n) is 13.3. The summed E-state index contributed by atoms with van der Waals surface area (Å²) in [6.07, 6.45) is 0.685. The van der Waals surface area contributed by atoms with E-state index in [1.165, 1.54) is 0 Å². The number of benzene rings is 2. The number of ether oxygens (including phenoxy) is 1. The van der Waals surface area contributed by atoms with Crippen LogP contribution < -0.4 is 20.9 Å². The molecule has 0 aliphatic carbocycles. The molecule has 5 heteroatoms. The number of hydrogen-bond acceptors (Lipinski definition) is 4. The number of amides is 1. The SMILES string of the molecule is COc1cccc(C2CC(C(=O)Nc3ccccc3C)NN2)c1. The highest BCUT2D eigenvalue weighted by Gasteiger charge is 2.30. The number of methoxy groups -OCH3 is 1. The molecule has 1 fully saturated rings. The van der Waals surface area contributed by atoms with E-state index in [0.29, 0.717) is 6.42 Å². The van der Waals surface area contributed by atoms with Gasteiger partial charge in [0.15, 0.2) is 0 Å². The molecule has 1 amide bonds. The molecule has 0 aromatic heterocycles. The van der Waals surface area contributed by atoms with Gasteiger partial charge in [-0.15, -0.1) is 0 Å². The maximum Gasteiger partial charge on any atom is 0.242 e. The lowest BCUT2D eigenvalue weighted by Crippen LogP contribution is -2.39. The average Bonchev–Trinajstić information content (AvgIpc) is 3.07. The lowest BCUT2D eigenvalue weighted by molar-refractivity contribution is -0.117. The van der Waals surface area contributed by atoms with Crippen molar-refractivity contribution in [3.63, 3.8) is 0 Å². The van der Waals surface area contributed by atoms with E-state index in [1.54, 1.807) is 7.11 Å². The number of aryl methyl sites for hydroxylation is 1. The first-order valence-corrected chi connectivity index (χ1v) is 7.69. The van der Waals surface area contributed by atoms with E-state index in [1.807, 2.05) is 55.5 Å². The average molecular weight is 311 g/mol. The molecule has 2 aromatic carbocycles. The second-order valence-electron chi connectivity index (χ2n) is 5.71. The summed E-state index contributed by atoms with van der Waals surface area (Å²) in [5.41, 5.74) is 9.27. The van der Waals surface area contributed by atoms with E-state index in [4.69, 9.17) is 4.74 Å². The highest BCUT2D eigenvalue weighted by molar-refractivity contribution is 5.95. The van der Waals surface area contributed by atoms with Crippen molar-refractivity contribution in [2.24, 2.45) is 0 Å². The van der Waals surface area contributed by atoms with Gasteiger partial charge in [-0.05, 0) is 42.7 Å². The fourth-order valence-electron chi connectivity index (χ4n) is 2.74. The maximum atomic E-state index is 12.4. The summed E-state index contributed by atoms with van der Waals surface area (Å²) in [7, 11) is 1.65. The van der Waals surface area contributed by atoms with Gasteiger partial charge in [0.25, 0.3) is 0 Å². The summed E-state index contributed by atoms with van der Waals surface area (Å²) in [6, 6.07) is 15.5. The van der Waals surface area contributed by atoms with Crippen LogP contribution in [0.25, 0.3) is 0 Å². The van der Waals surface area contributed by atoms with Crippen molar-refractivity contribution in [1.82, 2.24) is 10.9 Å². The molecule has 0 radical (unpaired) electrons. The zero-order chi connectivity index (χ0) is 16.2. The van der Waals surface area contributed by atoms with Crippen molar-refractivity contribution in [2.45, 2.75) is 25.4 Å². The first-order chi connectivity index (χ1) is 11.2. The molecule has 2 aromatic rings. The Hall–Kier alpha value is -2.37. The minimum Gasteiger partial charge on any atom is -0.497 e. The number of carbonyl (C=O) groups excluding carboxylic acids is 1. The number of hydrogen-bond donors (Lipinski definition) is 3. The fraction of sp³-hybridized carbons (Fsp3) is 0.278. The summed E-state index contributed by atoms with van der Waals surface area (Å²) in [5.74, 6) is 0.786. The molecule has 1 saturated heterocycles. The molecular weight excluding hydrogens is 290 g/mol. The quantitative estimate of drug-likeness (QED) is 0.812. The normalized spacial score (nSPS) is 20.3. The van der Waals surface area contributed by atoms with Crippen molar-refractivity contribution < 1.29 is 9.53 Å². The van der Waals surface area contributed by atoms with E-state index < -0.39 is 0 Å². The third-order valence-electron chi connectivity index (χ3n) is 4.12. The van der Waals surface area contributed by atoms with Crippen molar-refractivity contribution in [2.75, 3.05) is 12.4 Å². The lowest BCUT2D eigenvalue weighted by atomic mass is 10.0. The Bertz CT molecular complexity index is 702. The van der Waals surface area contributed by atoms with Crippen LogP contribution >= 0.6 is 0 Å². The van der Waals surface area contributed by atoms with Gasteiger partial charge in [0.05, 0.1) is 7.11 Å². The van der Waals surface area contributed by atoms with Gasteiger partial charge >= 0.3 is 0 Å². The van der Waals surface area contributed by atoms with E-state index in [0.717, 1.165) is 22.6 Å². The van der Waals surface area contributed by atoms with E-state index in [2.05, 4.69) is 16.2 Å². The largest absolute Gasteiger partial charge is 0.497 e.